The summed E-state index contributed by atoms with van der Waals surface area (Å²) in [6.45, 7) is 9.90. The highest BCUT2D eigenvalue weighted by Gasteiger charge is 2.06. The number of rotatable bonds is 2. The molecule has 0 aliphatic carbocycles. The minimum atomic E-state index is 0.704. The van der Waals surface area contributed by atoms with E-state index in [1.165, 1.54) is 0 Å². The van der Waals surface area contributed by atoms with Gasteiger partial charge in [0.2, 0.25) is 0 Å². The molecule has 0 atom stereocenters. The first-order chi connectivity index (χ1) is 6.29. The lowest BCUT2D eigenvalue weighted by Crippen LogP contribution is -2.43. The molecular weight excluding hydrogens is 160 g/mol. The minimum Gasteiger partial charge on any atom is -0.314 e. The predicted molar refractivity (Wildman–Crippen MR) is 56.5 cm³/mol. The van der Waals surface area contributed by atoms with Crippen LogP contribution in [0.2, 0.25) is 0 Å². The van der Waals surface area contributed by atoms with Gasteiger partial charge in [0.1, 0.15) is 0 Å². The number of hydrogen-bond donors (Lipinski definition) is 1. The lowest BCUT2D eigenvalue weighted by Gasteiger charge is -2.24. The van der Waals surface area contributed by atoms with Crippen molar-refractivity contribution in [2.24, 2.45) is 5.92 Å². The Kier molecular flexibility index (Phi) is 4.88. The van der Waals surface area contributed by atoms with Crippen LogP contribution in [0.3, 0.4) is 0 Å². The van der Waals surface area contributed by atoms with Crippen molar-refractivity contribution in [3.05, 3.63) is 0 Å². The van der Waals surface area contributed by atoms with Crippen molar-refractivity contribution >= 4 is 0 Å². The smallest absolute Gasteiger partial charge is 0.0602 e. The first-order valence-electron chi connectivity index (χ1n) is 5.18. The van der Waals surface area contributed by atoms with E-state index in [-0.39, 0.29) is 0 Å². The quantitative estimate of drug-likeness (QED) is 0.636. The zero-order valence-corrected chi connectivity index (χ0v) is 8.77. The standard InChI is InChI=1S/C11H20N2/c1-11(2)5-3-4-8-13-9-6-12-7-10-13/h11-12H,5-10H2,1-2H3. The molecule has 0 saturated carbocycles. The topological polar surface area (TPSA) is 15.3 Å². The van der Waals surface area contributed by atoms with Crippen LogP contribution in [0.4, 0.5) is 0 Å². The van der Waals surface area contributed by atoms with Gasteiger partial charge in [-0.25, -0.2) is 0 Å². The highest BCUT2D eigenvalue weighted by Crippen LogP contribution is 1.96. The van der Waals surface area contributed by atoms with Gasteiger partial charge in [0.15, 0.2) is 0 Å². The molecule has 0 aromatic carbocycles. The highest BCUT2D eigenvalue weighted by molar-refractivity contribution is 5.02. The van der Waals surface area contributed by atoms with Crippen molar-refractivity contribution in [2.45, 2.75) is 20.3 Å². The average Bonchev–Trinajstić information content (AvgIpc) is 2.14. The van der Waals surface area contributed by atoms with E-state index in [0.29, 0.717) is 5.92 Å². The summed E-state index contributed by atoms with van der Waals surface area (Å²) in [5.41, 5.74) is 0. The van der Waals surface area contributed by atoms with Crippen molar-refractivity contribution in [2.75, 3.05) is 32.7 Å². The maximum atomic E-state index is 3.33. The number of piperazine rings is 1. The second-order valence-corrected chi connectivity index (χ2v) is 3.98. The molecule has 1 heterocycles. The zero-order chi connectivity index (χ0) is 9.52. The minimum absolute atomic E-state index is 0.704. The van der Waals surface area contributed by atoms with Crippen LogP contribution < -0.4 is 5.32 Å². The number of hydrogen-bond acceptors (Lipinski definition) is 2. The SMILES string of the molecule is CC(C)CC#CCN1CCNCC1. The molecule has 1 aliphatic rings. The van der Waals surface area contributed by atoms with Gasteiger partial charge in [0.25, 0.3) is 0 Å². The van der Waals surface area contributed by atoms with Crippen LogP contribution >= 0.6 is 0 Å². The fourth-order valence-corrected chi connectivity index (χ4v) is 1.31. The molecule has 1 rings (SSSR count). The van der Waals surface area contributed by atoms with Gasteiger partial charge in [0, 0.05) is 32.6 Å². The Morgan fingerprint density at radius 3 is 2.54 bits per heavy atom. The Bertz CT molecular complexity index is 182. The van der Waals surface area contributed by atoms with Crippen molar-refractivity contribution in [1.82, 2.24) is 10.2 Å². The van der Waals surface area contributed by atoms with E-state index >= 15 is 0 Å². The van der Waals surface area contributed by atoms with Crippen LogP contribution in [0.25, 0.3) is 0 Å². The normalized spacial score (nSPS) is 18.4. The number of nitrogens with zero attached hydrogens (tertiary/aromatic N) is 1. The molecule has 2 nitrogen and oxygen atoms in total. The molecule has 0 aromatic heterocycles. The third-order valence-corrected chi connectivity index (χ3v) is 2.15. The molecule has 0 aromatic rings. The third-order valence-electron chi connectivity index (χ3n) is 2.15. The fourth-order valence-electron chi connectivity index (χ4n) is 1.31. The van der Waals surface area contributed by atoms with E-state index in [9.17, 15) is 0 Å². The van der Waals surface area contributed by atoms with E-state index in [2.05, 4.69) is 35.9 Å². The summed E-state index contributed by atoms with van der Waals surface area (Å²) in [5.74, 6) is 7.16. The first-order valence-corrected chi connectivity index (χ1v) is 5.18. The molecule has 2 heteroatoms. The molecule has 1 fully saturated rings. The Morgan fingerprint density at radius 1 is 1.23 bits per heavy atom. The van der Waals surface area contributed by atoms with Gasteiger partial charge >= 0.3 is 0 Å². The summed E-state index contributed by atoms with van der Waals surface area (Å²) in [6, 6.07) is 0. The Labute approximate surface area is 81.7 Å². The van der Waals surface area contributed by atoms with Crippen LogP contribution in [0.1, 0.15) is 20.3 Å². The fraction of sp³-hybridized carbons (Fsp3) is 0.818. The molecule has 74 valence electrons. The molecule has 0 radical (unpaired) electrons. The van der Waals surface area contributed by atoms with Crippen molar-refractivity contribution in [3.63, 3.8) is 0 Å². The molecule has 1 aliphatic heterocycles. The summed E-state index contributed by atoms with van der Waals surface area (Å²) < 4.78 is 0. The highest BCUT2D eigenvalue weighted by atomic mass is 15.2. The molecule has 0 bridgehead atoms. The second kappa shape index (κ2) is 6.01. The predicted octanol–water partition coefficient (Wildman–Crippen LogP) is 0.941. The largest absolute Gasteiger partial charge is 0.314 e. The Balaban J connectivity index is 2.11. The molecule has 0 unspecified atom stereocenters. The molecule has 1 saturated heterocycles. The molecule has 0 amide bonds. The van der Waals surface area contributed by atoms with Crippen LogP contribution in [0.5, 0.6) is 0 Å². The summed E-state index contributed by atoms with van der Waals surface area (Å²) in [7, 11) is 0. The lowest BCUT2D eigenvalue weighted by atomic mass is 10.1. The Hall–Kier alpha value is -0.520. The van der Waals surface area contributed by atoms with Gasteiger partial charge in [0.05, 0.1) is 6.54 Å². The van der Waals surface area contributed by atoms with Crippen LogP contribution in [-0.2, 0) is 0 Å². The maximum Gasteiger partial charge on any atom is 0.0602 e. The lowest BCUT2D eigenvalue weighted by molar-refractivity contribution is 0.268. The summed E-state index contributed by atoms with van der Waals surface area (Å²) >= 11 is 0. The van der Waals surface area contributed by atoms with Crippen molar-refractivity contribution < 1.29 is 0 Å². The molecular formula is C11H20N2. The maximum absolute atomic E-state index is 3.33. The van der Waals surface area contributed by atoms with Gasteiger partial charge in [-0.3, -0.25) is 4.90 Å². The summed E-state index contributed by atoms with van der Waals surface area (Å²) in [5, 5.41) is 3.33. The van der Waals surface area contributed by atoms with E-state index in [4.69, 9.17) is 0 Å². The molecule has 0 spiro atoms. The van der Waals surface area contributed by atoms with Gasteiger partial charge in [-0.2, -0.15) is 0 Å². The number of nitrogens with one attached hydrogen (secondary N) is 1. The first kappa shape index (κ1) is 10.6. The van der Waals surface area contributed by atoms with Crippen LogP contribution in [0, 0.1) is 17.8 Å². The second-order valence-electron chi connectivity index (χ2n) is 3.98. The van der Waals surface area contributed by atoms with Crippen molar-refractivity contribution in [3.8, 4) is 11.8 Å². The summed E-state index contributed by atoms with van der Waals surface area (Å²) in [6.07, 6.45) is 1.03. The Morgan fingerprint density at radius 2 is 1.92 bits per heavy atom. The van der Waals surface area contributed by atoms with Gasteiger partial charge in [-0.05, 0) is 5.92 Å². The zero-order valence-electron chi connectivity index (χ0n) is 8.77. The molecule has 13 heavy (non-hydrogen) atoms. The van der Waals surface area contributed by atoms with E-state index in [0.717, 1.165) is 39.1 Å². The average molecular weight is 180 g/mol. The van der Waals surface area contributed by atoms with E-state index < -0.39 is 0 Å². The third kappa shape index (κ3) is 4.92. The molecule has 1 N–H and O–H groups in total. The van der Waals surface area contributed by atoms with E-state index in [1.807, 2.05) is 0 Å². The monoisotopic (exact) mass is 180 g/mol. The van der Waals surface area contributed by atoms with Crippen LogP contribution in [0.15, 0.2) is 0 Å². The summed E-state index contributed by atoms with van der Waals surface area (Å²) in [4.78, 5) is 2.41. The van der Waals surface area contributed by atoms with Gasteiger partial charge in [-0.1, -0.05) is 19.8 Å². The van der Waals surface area contributed by atoms with Crippen molar-refractivity contribution in [1.29, 1.82) is 0 Å². The van der Waals surface area contributed by atoms with Gasteiger partial charge in [-0.15, -0.1) is 5.92 Å². The van der Waals surface area contributed by atoms with Gasteiger partial charge < -0.3 is 5.32 Å². The van der Waals surface area contributed by atoms with Crippen LogP contribution in [-0.4, -0.2) is 37.6 Å². The van der Waals surface area contributed by atoms with E-state index in [1.54, 1.807) is 0 Å².